The number of hydrogen-bond acceptors (Lipinski definition) is 5. The van der Waals surface area contributed by atoms with Gasteiger partial charge < -0.3 is 10.5 Å². The summed E-state index contributed by atoms with van der Waals surface area (Å²) in [5, 5.41) is 0. The Morgan fingerprint density at radius 1 is 1.03 bits per heavy atom. The van der Waals surface area contributed by atoms with Gasteiger partial charge in [-0.3, -0.25) is 19.7 Å². The van der Waals surface area contributed by atoms with Crippen molar-refractivity contribution in [2.24, 2.45) is 5.73 Å². The molecule has 0 aliphatic rings. The number of nitrogens with two attached hydrogens (primary N) is 1. The van der Waals surface area contributed by atoms with Gasteiger partial charge >= 0.3 is 0 Å². The number of methoxy groups -OCH3 is 1. The number of benzene rings is 1. The van der Waals surface area contributed by atoms with E-state index in [0.29, 0.717) is 6.54 Å². The monoisotopic (exact) mass is 390 g/mol. The van der Waals surface area contributed by atoms with E-state index < -0.39 is 0 Å². The number of nitrogens with zero attached hydrogens (tertiary/aromatic N) is 3. The third-order valence-corrected chi connectivity index (χ3v) is 4.86. The molecule has 1 aromatic carbocycles. The molecule has 2 N–H and O–H groups in total. The minimum atomic E-state index is -0.346. The number of hydrogen-bond donors (Lipinski definition) is 1. The maximum absolute atomic E-state index is 11.8. The number of pyridine rings is 2. The maximum Gasteiger partial charge on any atom is 0.231 e. The van der Waals surface area contributed by atoms with E-state index in [2.05, 4.69) is 14.9 Å². The first-order valence-corrected chi connectivity index (χ1v) is 9.60. The summed E-state index contributed by atoms with van der Waals surface area (Å²) in [4.78, 5) is 22.4. The van der Waals surface area contributed by atoms with Crippen LogP contribution in [0.5, 0.6) is 5.75 Å². The third-order valence-electron chi connectivity index (χ3n) is 4.86. The Balaban J connectivity index is 1.88. The molecule has 2 aromatic heterocycles. The van der Waals surface area contributed by atoms with E-state index in [9.17, 15) is 4.79 Å². The van der Waals surface area contributed by atoms with Crippen LogP contribution in [-0.4, -0.2) is 41.0 Å². The second kappa shape index (κ2) is 10.3. The van der Waals surface area contributed by atoms with E-state index in [0.717, 1.165) is 35.3 Å². The maximum atomic E-state index is 11.8. The highest BCUT2D eigenvalue weighted by molar-refractivity contribution is 5.76. The van der Waals surface area contributed by atoms with Crippen molar-refractivity contribution in [2.45, 2.75) is 18.9 Å². The quantitative estimate of drug-likeness (QED) is 0.576. The molecule has 150 valence electrons. The van der Waals surface area contributed by atoms with Crippen LogP contribution in [0.4, 0.5) is 0 Å². The molecule has 6 heteroatoms. The van der Waals surface area contributed by atoms with Gasteiger partial charge in [-0.25, -0.2) is 0 Å². The number of carbonyl (C=O) groups is 1. The molecule has 0 radical (unpaired) electrons. The van der Waals surface area contributed by atoms with Crippen LogP contribution in [0.25, 0.3) is 0 Å². The summed E-state index contributed by atoms with van der Waals surface area (Å²) in [5.41, 5.74) is 8.91. The fourth-order valence-electron chi connectivity index (χ4n) is 3.39. The summed E-state index contributed by atoms with van der Waals surface area (Å²) in [7, 11) is 1.65. The Kier molecular flexibility index (Phi) is 7.30. The molecule has 0 saturated heterocycles. The molecule has 0 bridgehead atoms. The summed E-state index contributed by atoms with van der Waals surface area (Å²) >= 11 is 0. The number of aromatic nitrogens is 2. The van der Waals surface area contributed by atoms with Crippen LogP contribution < -0.4 is 10.5 Å². The van der Waals surface area contributed by atoms with Gasteiger partial charge in [-0.2, -0.15) is 0 Å². The molecule has 3 rings (SSSR count). The van der Waals surface area contributed by atoms with Crippen molar-refractivity contribution < 1.29 is 9.53 Å². The first kappa shape index (κ1) is 20.5. The van der Waals surface area contributed by atoms with Crippen molar-refractivity contribution in [3.05, 3.63) is 90.0 Å². The normalized spacial score (nSPS) is 11.9. The largest absolute Gasteiger partial charge is 0.497 e. The van der Waals surface area contributed by atoms with E-state index in [1.165, 1.54) is 0 Å². The summed E-state index contributed by atoms with van der Waals surface area (Å²) in [6.45, 7) is 0.864. The van der Waals surface area contributed by atoms with Crippen LogP contribution >= 0.6 is 0 Å². The van der Waals surface area contributed by atoms with Crippen molar-refractivity contribution in [3.8, 4) is 5.75 Å². The van der Waals surface area contributed by atoms with Crippen molar-refractivity contribution >= 4 is 5.91 Å². The van der Waals surface area contributed by atoms with Crippen LogP contribution in [0.3, 0.4) is 0 Å². The Bertz CT molecular complexity index is 886. The predicted molar refractivity (Wildman–Crippen MR) is 112 cm³/mol. The van der Waals surface area contributed by atoms with E-state index in [4.69, 9.17) is 10.5 Å². The molecule has 0 aliphatic carbocycles. The average Bonchev–Trinajstić information content (AvgIpc) is 2.76. The van der Waals surface area contributed by atoms with E-state index in [1.54, 1.807) is 19.5 Å². The zero-order chi connectivity index (χ0) is 20.5. The second-order valence-corrected chi connectivity index (χ2v) is 6.90. The smallest absolute Gasteiger partial charge is 0.231 e. The number of primary amides is 1. The number of ether oxygens (including phenoxy) is 1. The van der Waals surface area contributed by atoms with E-state index in [-0.39, 0.29) is 18.5 Å². The zero-order valence-electron chi connectivity index (χ0n) is 16.6. The molecular weight excluding hydrogens is 364 g/mol. The molecule has 0 fully saturated rings. The third kappa shape index (κ3) is 6.12. The fourth-order valence-corrected chi connectivity index (χ4v) is 3.39. The molecule has 6 nitrogen and oxygen atoms in total. The van der Waals surface area contributed by atoms with Gasteiger partial charge in [-0.1, -0.05) is 24.3 Å². The Morgan fingerprint density at radius 3 is 2.24 bits per heavy atom. The van der Waals surface area contributed by atoms with Crippen LogP contribution in [0.2, 0.25) is 0 Å². The predicted octanol–water partition coefficient (Wildman–Crippen LogP) is 2.80. The Hall–Kier alpha value is -3.25. The van der Waals surface area contributed by atoms with Gasteiger partial charge in [0, 0.05) is 37.4 Å². The number of amides is 1. The lowest BCUT2D eigenvalue weighted by Gasteiger charge is -2.31. The summed E-state index contributed by atoms with van der Waals surface area (Å²) in [5.74, 6) is 0.451. The first-order valence-electron chi connectivity index (χ1n) is 9.60. The van der Waals surface area contributed by atoms with Crippen molar-refractivity contribution in [2.75, 3.05) is 20.2 Å². The van der Waals surface area contributed by atoms with Crippen LogP contribution in [0.1, 0.15) is 22.7 Å². The van der Waals surface area contributed by atoms with Crippen molar-refractivity contribution in [1.29, 1.82) is 0 Å². The van der Waals surface area contributed by atoms with Gasteiger partial charge in [0.2, 0.25) is 5.91 Å². The lowest BCUT2D eigenvalue weighted by atomic mass is 9.97. The van der Waals surface area contributed by atoms with E-state index in [1.807, 2.05) is 60.9 Å². The van der Waals surface area contributed by atoms with Crippen LogP contribution in [0, 0.1) is 0 Å². The van der Waals surface area contributed by atoms with Gasteiger partial charge in [-0.15, -0.1) is 0 Å². The standard InChI is InChI=1S/C23H26N4O2/c1-29-21-8-6-20(7-9-21)22(14-19-5-3-12-26-16-19)27(17-23(24)28)13-10-18-4-2-11-25-15-18/h2-9,11-12,15-16,22H,10,13-14,17H2,1H3,(H2,24,28). The van der Waals surface area contributed by atoms with E-state index >= 15 is 0 Å². The summed E-state index contributed by atoms with van der Waals surface area (Å²) in [6.07, 6.45) is 8.73. The highest BCUT2D eigenvalue weighted by Crippen LogP contribution is 2.27. The number of rotatable bonds is 10. The SMILES string of the molecule is COc1ccc(C(Cc2cccnc2)N(CCc2cccnc2)CC(N)=O)cc1. The van der Waals surface area contributed by atoms with Gasteiger partial charge in [0.15, 0.2) is 0 Å². The van der Waals surface area contributed by atoms with Gasteiger partial charge in [0.05, 0.1) is 13.7 Å². The highest BCUT2D eigenvalue weighted by atomic mass is 16.5. The molecule has 0 spiro atoms. The van der Waals surface area contributed by atoms with Gasteiger partial charge in [0.1, 0.15) is 5.75 Å². The molecule has 1 atom stereocenters. The minimum Gasteiger partial charge on any atom is -0.497 e. The molecule has 2 heterocycles. The first-order chi connectivity index (χ1) is 14.2. The summed E-state index contributed by atoms with van der Waals surface area (Å²) in [6, 6.07) is 15.9. The number of carbonyl (C=O) groups excluding carboxylic acids is 1. The zero-order valence-corrected chi connectivity index (χ0v) is 16.6. The lowest BCUT2D eigenvalue weighted by Crippen LogP contribution is -2.39. The molecule has 29 heavy (non-hydrogen) atoms. The van der Waals surface area contributed by atoms with Crippen LogP contribution in [0.15, 0.2) is 73.3 Å². The fraction of sp³-hybridized carbons (Fsp3) is 0.261. The van der Waals surface area contributed by atoms with Gasteiger partial charge in [0.25, 0.3) is 0 Å². The average molecular weight is 390 g/mol. The highest BCUT2D eigenvalue weighted by Gasteiger charge is 2.23. The topological polar surface area (TPSA) is 81.3 Å². The van der Waals surface area contributed by atoms with Crippen molar-refractivity contribution in [1.82, 2.24) is 14.9 Å². The molecule has 0 aliphatic heterocycles. The molecule has 1 amide bonds. The molecule has 1 unspecified atom stereocenters. The second-order valence-electron chi connectivity index (χ2n) is 6.90. The van der Waals surface area contributed by atoms with Crippen LogP contribution in [-0.2, 0) is 17.6 Å². The molecule has 3 aromatic rings. The lowest BCUT2D eigenvalue weighted by molar-refractivity contribution is -0.119. The van der Waals surface area contributed by atoms with Gasteiger partial charge in [-0.05, 0) is 53.8 Å². The summed E-state index contributed by atoms with van der Waals surface area (Å²) < 4.78 is 5.29. The molecule has 0 saturated carbocycles. The Labute approximate surface area is 171 Å². The minimum absolute atomic E-state index is 0.0192. The molecular formula is C23H26N4O2. The Morgan fingerprint density at radius 2 is 1.69 bits per heavy atom. The van der Waals surface area contributed by atoms with Crippen molar-refractivity contribution in [3.63, 3.8) is 0 Å².